The Hall–Kier alpha value is -1.32. The maximum absolute atomic E-state index is 10.9. The summed E-state index contributed by atoms with van der Waals surface area (Å²) < 4.78 is 1.87. The first-order valence-electron chi connectivity index (χ1n) is 5.33. The number of aromatic nitrogens is 2. The summed E-state index contributed by atoms with van der Waals surface area (Å²) in [7, 11) is 1.87. The van der Waals surface area contributed by atoms with Crippen molar-refractivity contribution in [3.63, 3.8) is 0 Å². The van der Waals surface area contributed by atoms with E-state index in [2.05, 4.69) is 11.9 Å². The molecule has 84 valence electrons. The van der Waals surface area contributed by atoms with Gasteiger partial charge in [-0.3, -0.25) is 0 Å². The van der Waals surface area contributed by atoms with Crippen LogP contribution < -0.4 is 0 Å². The molecule has 4 heteroatoms. The summed E-state index contributed by atoms with van der Waals surface area (Å²) in [6, 6.07) is 0. The van der Waals surface area contributed by atoms with Gasteiger partial charge in [-0.1, -0.05) is 19.8 Å². The summed E-state index contributed by atoms with van der Waals surface area (Å²) in [5.41, 5.74) is 1.06. The molecule has 0 saturated heterocycles. The average Bonchev–Trinajstić information content (AvgIpc) is 2.46. The third-order valence-corrected chi connectivity index (χ3v) is 2.66. The minimum Gasteiger partial charge on any atom is -0.476 e. The number of aryl methyl sites for hydroxylation is 1. The molecule has 0 saturated carbocycles. The van der Waals surface area contributed by atoms with Crippen molar-refractivity contribution < 1.29 is 9.90 Å². The van der Waals surface area contributed by atoms with Crippen LogP contribution in [-0.4, -0.2) is 20.6 Å². The predicted molar refractivity (Wildman–Crippen MR) is 58.1 cm³/mol. The molecule has 0 radical (unpaired) electrons. The number of carbonyl (C=O) groups is 1. The van der Waals surface area contributed by atoms with Crippen molar-refractivity contribution in [1.82, 2.24) is 9.55 Å². The summed E-state index contributed by atoms with van der Waals surface area (Å²) in [6.07, 6.45) is 4.09. The van der Waals surface area contributed by atoms with Crippen molar-refractivity contribution in [2.45, 2.75) is 39.5 Å². The fraction of sp³-hybridized carbons (Fsp3) is 0.636. The van der Waals surface area contributed by atoms with Crippen LogP contribution in [0.2, 0.25) is 0 Å². The van der Waals surface area contributed by atoms with Crippen LogP contribution in [0.25, 0.3) is 0 Å². The molecule has 0 aromatic carbocycles. The fourth-order valence-corrected chi connectivity index (χ4v) is 1.66. The molecule has 0 fully saturated rings. The largest absolute Gasteiger partial charge is 0.476 e. The minimum absolute atomic E-state index is 0.214. The number of carboxylic acids is 1. The maximum Gasteiger partial charge on any atom is 0.356 e. The number of aromatic carboxylic acids is 1. The van der Waals surface area contributed by atoms with E-state index in [4.69, 9.17) is 5.11 Å². The van der Waals surface area contributed by atoms with Gasteiger partial charge in [0.15, 0.2) is 5.69 Å². The Balaban J connectivity index is 2.88. The quantitative estimate of drug-likeness (QED) is 0.758. The highest BCUT2D eigenvalue weighted by Gasteiger charge is 2.17. The Morgan fingerprint density at radius 1 is 1.47 bits per heavy atom. The lowest BCUT2D eigenvalue weighted by molar-refractivity contribution is 0.0689. The molecule has 0 aliphatic heterocycles. The molecular weight excluding hydrogens is 192 g/mol. The first-order valence-corrected chi connectivity index (χ1v) is 5.33. The second kappa shape index (κ2) is 4.96. The Morgan fingerprint density at radius 3 is 2.67 bits per heavy atom. The predicted octanol–water partition coefficient (Wildman–Crippen LogP) is 2.16. The van der Waals surface area contributed by atoms with Crippen molar-refractivity contribution in [2.75, 3.05) is 0 Å². The van der Waals surface area contributed by atoms with Gasteiger partial charge in [0, 0.05) is 7.05 Å². The fourth-order valence-electron chi connectivity index (χ4n) is 1.66. The van der Waals surface area contributed by atoms with Gasteiger partial charge in [-0.25, -0.2) is 9.78 Å². The topological polar surface area (TPSA) is 55.1 Å². The number of carboxylic acid groups (broad SMARTS) is 1. The molecule has 0 spiro atoms. The number of imidazole rings is 1. The molecule has 0 bridgehead atoms. The molecule has 0 atom stereocenters. The van der Waals surface area contributed by atoms with Gasteiger partial charge in [0.05, 0.1) is 5.69 Å². The molecule has 15 heavy (non-hydrogen) atoms. The summed E-state index contributed by atoms with van der Waals surface area (Å²) >= 11 is 0. The molecule has 1 aromatic heterocycles. The number of hydrogen-bond acceptors (Lipinski definition) is 2. The van der Waals surface area contributed by atoms with Gasteiger partial charge >= 0.3 is 5.97 Å². The zero-order valence-electron chi connectivity index (χ0n) is 9.58. The Bertz CT molecular complexity index is 356. The standard InChI is InChI=1S/C11H18N2O2/c1-4-5-6-7-9-10(11(14)15)12-8(2)13(9)3/h4-7H2,1-3H3,(H,14,15). The Labute approximate surface area is 89.9 Å². The number of nitrogens with zero attached hydrogens (tertiary/aromatic N) is 2. The summed E-state index contributed by atoms with van der Waals surface area (Å²) in [4.78, 5) is 15.0. The molecule has 0 aliphatic carbocycles. The van der Waals surface area contributed by atoms with Crippen LogP contribution in [0, 0.1) is 6.92 Å². The molecule has 0 amide bonds. The summed E-state index contributed by atoms with van der Waals surface area (Å²) in [5, 5.41) is 8.98. The SMILES string of the molecule is CCCCCc1c(C(=O)O)nc(C)n1C. The van der Waals surface area contributed by atoms with E-state index >= 15 is 0 Å². The molecule has 4 nitrogen and oxygen atoms in total. The van der Waals surface area contributed by atoms with E-state index in [0.717, 1.165) is 37.2 Å². The van der Waals surface area contributed by atoms with E-state index in [1.54, 1.807) is 0 Å². The third kappa shape index (κ3) is 2.58. The normalized spacial score (nSPS) is 10.6. The highest BCUT2D eigenvalue weighted by atomic mass is 16.4. The second-order valence-electron chi connectivity index (χ2n) is 3.78. The van der Waals surface area contributed by atoms with Crippen LogP contribution in [0.15, 0.2) is 0 Å². The molecular formula is C11H18N2O2. The van der Waals surface area contributed by atoms with Gasteiger partial charge in [-0.15, -0.1) is 0 Å². The summed E-state index contributed by atoms with van der Waals surface area (Å²) in [6.45, 7) is 3.96. The van der Waals surface area contributed by atoms with Crippen LogP contribution in [0.3, 0.4) is 0 Å². The van der Waals surface area contributed by atoms with E-state index in [-0.39, 0.29) is 5.69 Å². The van der Waals surface area contributed by atoms with E-state index < -0.39 is 5.97 Å². The zero-order chi connectivity index (χ0) is 11.4. The molecule has 1 rings (SSSR count). The van der Waals surface area contributed by atoms with Crippen LogP contribution in [0.5, 0.6) is 0 Å². The highest BCUT2D eigenvalue weighted by molar-refractivity contribution is 5.86. The average molecular weight is 210 g/mol. The highest BCUT2D eigenvalue weighted by Crippen LogP contribution is 2.13. The van der Waals surface area contributed by atoms with Crippen LogP contribution in [0.1, 0.15) is 48.2 Å². The van der Waals surface area contributed by atoms with Crippen molar-refractivity contribution in [2.24, 2.45) is 7.05 Å². The van der Waals surface area contributed by atoms with Crippen molar-refractivity contribution >= 4 is 5.97 Å². The summed E-state index contributed by atoms with van der Waals surface area (Å²) in [5.74, 6) is -0.163. The van der Waals surface area contributed by atoms with Gasteiger partial charge < -0.3 is 9.67 Å². The van der Waals surface area contributed by atoms with Crippen molar-refractivity contribution in [3.05, 3.63) is 17.2 Å². The first kappa shape index (κ1) is 11.8. The zero-order valence-corrected chi connectivity index (χ0v) is 9.58. The second-order valence-corrected chi connectivity index (χ2v) is 3.78. The number of rotatable bonds is 5. The van der Waals surface area contributed by atoms with E-state index in [1.807, 2.05) is 18.5 Å². The molecule has 1 N–H and O–H groups in total. The van der Waals surface area contributed by atoms with Gasteiger partial charge in [-0.05, 0) is 19.8 Å². The van der Waals surface area contributed by atoms with Gasteiger partial charge in [0.1, 0.15) is 5.82 Å². The lowest BCUT2D eigenvalue weighted by Crippen LogP contribution is -2.05. The molecule has 1 heterocycles. The smallest absolute Gasteiger partial charge is 0.356 e. The van der Waals surface area contributed by atoms with E-state index in [1.165, 1.54) is 0 Å². The molecule has 1 aromatic rings. The number of hydrogen-bond donors (Lipinski definition) is 1. The van der Waals surface area contributed by atoms with Crippen molar-refractivity contribution in [3.8, 4) is 0 Å². The van der Waals surface area contributed by atoms with Gasteiger partial charge in [0.2, 0.25) is 0 Å². The van der Waals surface area contributed by atoms with Crippen LogP contribution in [0.4, 0.5) is 0 Å². The Morgan fingerprint density at radius 2 is 2.13 bits per heavy atom. The van der Waals surface area contributed by atoms with E-state index in [0.29, 0.717) is 0 Å². The van der Waals surface area contributed by atoms with Crippen LogP contribution in [-0.2, 0) is 13.5 Å². The van der Waals surface area contributed by atoms with E-state index in [9.17, 15) is 4.79 Å². The van der Waals surface area contributed by atoms with Crippen molar-refractivity contribution in [1.29, 1.82) is 0 Å². The monoisotopic (exact) mass is 210 g/mol. The lowest BCUT2D eigenvalue weighted by atomic mass is 10.1. The Kier molecular flexibility index (Phi) is 3.88. The third-order valence-electron chi connectivity index (χ3n) is 2.66. The van der Waals surface area contributed by atoms with Crippen LogP contribution >= 0.6 is 0 Å². The van der Waals surface area contributed by atoms with Gasteiger partial charge in [-0.2, -0.15) is 0 Å². The number of unbranched alkanes of at least 4 members (excludes halogenated alkanes) is 2. The first-order chi connectivity index (χ1) is 7.07. The molecule has 0 unspecified atom stereocenters. The minimum atomic E-state index is -0.926. The van der Waals surface area contributed by atoms with Gasteiger partial charge in [0.25, 0.3) is 0 Å². The lowest BCUT2D eigenvalue weighted by Gasteiger charge is -2.04. The molecule has 0 aliphatic rings. The maximum atomic E-state index is 10.9.